The lowest BCUT2D eigenvalue weighted by atomic mass is 9.77. The highest BCUT2D eigenvalue weighted by atomic mass is 16.4. The molecule has 4 rings (SSSR count). The Bertz CT molecular complexity index is 1650. The van der Waals surface area contributed by atoms with Crippen molar-refractivity contribution in [3.8, 4) is 17.2 Å². The zero-order valence-corrected chi connectivity index (χ0v) is 20.4. The van der Waals surface area contributed by atoms with E-state index in [-0.39, 0.29) is 12.0 Å². The number of carboxylic acid groups (broad SMARTS) is 2. The Kier molecular flexibility index (Phi) is 7.21. The number of carbonyl (C=O) groups excluding carboxylic acids is 4. The molecule has 3 aromatic rings. The second-order valence-electron chi connectivity index (χ2n) is 8.97. The number of carbonyl (C=O) groups is 6. The smallest absolute Gasteiger partial charge is 0.340 e. The lowest BCUT2D eigenvalue weighted by molar-refractivity contribution is -0.139. The number of aromatic carboxylic acids is 1. The third kappa shape index (κ3) is 4.67. The van der Waals surface area contributed by atoms with Gasteiger partial charge in [-0.3, -0.25) is 24.0 Å². The van der Waals surface area contributed by atoms with E-state index in [9.17, 15) is 54.3 Å². The first-order valence-electron chi connectivity index (χ1n) is 11.7. The third-order valence-electron chi connectivity index (χ3n) is 6.42. The summed E-state index contributed by atoms with van der Waals surface area (Å²) in [6, 6.07) is 7.65. The van der Waals surface area contributed by atoms with Gasteiger partial charge in [0, 0.05) is 28.7 Å². The van der Waals surface area contributed by atoms with E-state index in [0.29, 0.717) is 6.07 Å². The molecule has 1 atom stereocenters. The number of rotatable bonds is 9. The van der Waals surface area contributed by atoms with Gasteiger partial charge in [0.1, 0.15) is 22.8 Å². The number of aromatic hydroxyl groups is 3. The topological polar surface area (TPSA) is 224 Å². The molecule has 1 aliphatic rings. The molecule has 0 spiro atoms. The van der Waals surface area contributed by atoms with Crippen LogP contribution in [0.25, 0.3) is 0 Å². The predicted octanol–water partition coefficient (Wildman–Crippen LogP) is 2.31. The molecule has 0 amide bonds. The number of phenols is 3. The minimum Gasteiger partial charge on any atom is -0.507 e. The Morgan fingerprint density at radius 1 is 0.725 bits per heavy atom. The third-order valence-corrected chi connectivity index (χ3v) is 6.42. The van der Waals surface area contributed by atoms with Crippen LogP contribution in [0, 0.1) is 0 Å². The summed E-state index contributed by atoms with van der Waals surface area (Å²) < 4.78 is 0. The Labute approximate surface area is 224 Å². The van der Waals surface area contributed by atoms with Gasteiger partial charge in [0.15, 0.2) is 23.1 Å². The normalized spacial score (nSPS) is 12.8. The zero-order valence-electron chi connectivity index (χ0n) is 20.4. The van der Waals surface area contributed by atoms with Crippen LogP contribution in [-0.2, 0) is 4.79 Å². The molecule has 40 heavy (non-hydrogen) atoms. The van der Waals surface area contributed by atoms with E-state index in [1.54, 1.807) is 0 Å². The molecular weight excluding hydrogens is 528 g/mol. The van der Waals surface area contributed by atoms with Gasteiger partial charge in [-0.15, -0.1) is 0 Å². The summed E-state index contributed by atoms with van der Waals surface area (Å²) in [5, 5.41) is 59.9. The zero-order chi connectivity index (χ0) is 29.5. The van der Waals surface area contributed by atoms with Crippen molar-refractivity contribution < 1.29 is 59.4 Å². The van der Waals surface area contributed by atoms with E-state index in [1.165, 1.54) is 18.2 Å². The standard InChI is InChI=1S/C28H20O12/c29-11(9-19(34)35)7-8-15(30)12-3-1-5-16(31)20(12)27(38)24-22-14(10-18(33)23(24)28(39)40)25(36)13-4-2-6-17(32)21(13)26(22)37/h1-6,10-11,29,31-33H,7-9H2,(H,34,35)(H,39,40)/t11-/m1/s1. The number of carboxylic acids is 2. The average molecular weight is 548 g/mol. The molecule has 0 radical (unpaired) electrons. The summed E-state index contributed by atoms with van der Waals surface area (Å²) in [6.07, 6.45) is -2.84. The van der Waals surface area contributed by atoms with Crippen molar-refractivity contribution in [2.24, 2.45) is 0 Å². The van der Waals surface area contributed by atoms with Gasteiger partial charge in [-0.05, 0) is 24.6 Å². The van der Waals surface area contributed by atoms with Crippen LogP contribution in [0.15, 0.2) is 42.5 Å². The first-order chi connectivity index (χ1) is 18.8. The number of hydrogen-bond acceptors (Lipinski definition) is 10. The lowest BCUT2D eigenvalue weighted by Crippen LogP contribution is -2.27. The summed E-state index contributed by atoms with van der Waals surface area (Å²) in [6.45, 7) is 0. The molecule has 0 aliphatic heterocycles. The van der Waals surface area contributed by atoms with Crippen LogP contribution in [0.4, 0.5) is 0 Å². The number of fused-ring (bicyclic) bond motifs is 2. The van der Waals surface area contributed by atoms with Crippen LogP contribution >= 0.6 is 0 Å². The molecule has 0 saturated heterocycles. The second kappa shape index (κ2) is 10.4. The number of aliphatic carboxylic acids is 1. The van der Waals surface area contributed by atoms with Crippen LogP contribution in [0.5, 0.6) is 17.2 Å². The number of ketones is 4. The van der Waals surface area contributed by atoms with Crippen molar-refractivity contribution in [1.29, 1.82) is 0 Å². The van der Waals surface area contributed by atoms with Gasteiger partial charge in [0.2, 0.25) is 0 Å². The van der Waals surface area contributed by atoms with Crippen molar-refractivity contribution >= 4 is 35.1 Å². The highest BCUT2D eigenvalue weighted by molar-refractivity contribution is 6.35. The summed E-state index contributed by atoms with van der Waals surface area (Å²) in [5.74, 6) is -9.87. The Morgan fingerprint density at radius 3 is 2.02 bits per heavy atom. The molecule has 1 aliphatic carbocycles. The summed E-state index contributed by atoms with van der Waals surface area (Å²) in [4.78, 5) is 76.7. The largest absolute Gasteiger partial charge is 0.507 e. The maximum absolute atomic E-state index is 13.9. The minimum absolute atomic E-state index is 0.253. The van der Waals surface area contributed by atoms with Crippen LogP contribution in [0.1, 0.15) is 87.7 Å². The Hall–Kier alpha value is -5.36. The van der Waals surface area contributed by atoms with E-state index >= 15 is 0 Å². The van der Waals surface area contributed by atoms with Gasteiger partial charge in [-0.1, -0.05) is 24.3 Å². The van der Waals surface area contributed by atoms with Crippen molar-refractivity contribution in [1.82, 2.24) is 0 Å². The van der Waals surface area contributed by atoms with Gasteiger partial charge in [0.25, 0.3) is 0 Å². The molecule has 0 saturated carbocycles. The highest BCUT2D eigenvalue weighted by Crippen LogP contribution is 2.40. The molecule has 0 heterocycles. The molecule has 0 fully saturated rings. The van der Waals surface area contributed by atoms with Gasteiger partial charge in [0.05, 0.1) is 29.2 Å². The van der Waals surface area contributed by atoms with Crippen LogP contribution < -0.4 is 0 Å². The van der Waals surface area contributed by atoms with Crippen LogP contribution in [0.2, 0.25) is 0 Å². The molecule has 12 nitrogen and oxygen atoms in total. The molecule has 204 valence electrons. The van der Waals surface area contributed by atoms with E-state index in [2.05, 4.69) is 0 Å². The van der Waals surface area contributed by atoms with Gasteiger partial charge >= 0.3 is 11.9 Å². The monoisotopic (exact) mass is 548 g/mol. The van der Waals surface area contributed by atoms with Crippen LogP contribution in [0.3, 0.4) is 0 Å². The van der Waals surface area contributed by atoms with Crippen molar-refractivity contribution in [3.63, 3.8) is 0 Å². The van der Waals surface area contributed by atoms with Crippen molar-refractivity contribution in [2.75, 3.05) is 0 Å². The Balaban J connectivity index is 1.93. The second-order valence-corrected chi connectivity index (χ2v) is 8.97. The fourth-order valence-corrected chi connectivity index (χ4v) is 4.64. The number of aliphatic hydroxyl groups excluding tert-OH is 1. The van der Waals surface area contributed by atoms with Crippen LogP contribution in [-0.4, -0.2) is 71.8 Å². The number of benzene rings is 3. The fourth-order valence-electron chi connectivity index (χ4n) is 4.64. The van der Waals surface area contributed by atoms with Crippen molar-refractivity contribution in [3.05, 3.63) is 87.0 Å². The Morgan fingerprint density at radius 2 is 1.38 bits per heavy atom. The quantitative estimate of drug-likeness (QED) is 0.166. The number of aliphatic hydroxyl groups is 1. The number of Topliss-reactive ketones (excluding diaryl/α,β-unsaturated/α-hetero) is 1. The molecule has 3 aromatic carbocycles. The first-order valence-corrected chi connectivity index (χ1v) is 11.7. The maximum Gasteiger partial charge on any atom is 0.340 e. The minimum atomic E-state index is -1.87. The van der Waals surface area contributed by atoms with Crippen molar-refractivity contribution in [2.45, 2.75) is 25.4 Å². The predicted molar refractivity (Wildman–Crippen MR) is 133 cm³/mol. The SMILES string of the molecule is O=C(O)C[C@H](O)CCC(=O)c1cccc(O)c1C(=O)c1c(C(=O)O)c(O)cc2c1C(=O)c1c(O)cccc1C2=O. The number of hydrogen-bond donors (Lipinski definition) is 6. The molecule has 6 N–H and O–H groups in total. The maximum atomic E-state index is 13.9. The molecule has 0 unspecified atom stereocenters. The van der Waals surface area contributed by atoms with E-state index in [4.69, 9.17) is 5.11 Å². The highest BCUT2D eigenvalue weighted by Gasteiger charge is 2.40. The summed E-state index contributed by atoms with van der Waals surface area (Å²) in [7, 11) is 0. The summed E-state index contributed by atoms with van der Waals surface area (Å²) in [5.41, 5.74) is -5.31. The van der Waals surface area contributed by atoms with E-state index in [0.717, 1.165) is 18.2 Å². The first kappa shape index (κ1) is 27.7. The fraction of sp³-hybridized carbons (Fsp3) is 0.143. The van der Waals surface area contributed by atoms with Gasteiger partial charge in [-0.25, -0.2) is 4.79 Å². The molecule has 0 aromatic heterocycles. The lowest BCUT2D eigenvalue weighted by Gasteiger charge is -2.23. The van der Waals surface area contributed by atoms with E-state index < -0.39 is 110 Å². The van der Waals surface area contributed by atoms with Gasteiger partial charge in [-0.2, -0.15) is 0 Å². The average Bonchev–Trinajstić information content (AvgIpc) is 2.88. The van der Waals surface area contributed by atoms with E-state index in [1.807, 2.05) is 0 Å². The number of phenolic OH excluding ortho intramolecular Hbond substituents is 2. The molecule has 0 bridgehead atoms. The van der Waals surface area contributed by atoms with Gasteiger partial charge < -0.3 is 30.6 Å². The molecule has 12 heteroatoms. The molecular formula is C28H20O12. The summed E-state index contributed by atoms with van der Waals surface area (Å²) >= 11 is 0.